The van der Waals surface area contributed by atoms with Crippen molar-refractivity contribution in [3.63, 3.8) is 0 Å². The highest BCUT2D eigenvalue weighted by atomic mass is 31.1. The Labute approximate surface area is 163 Å². The van der Waals surface area contributed by atoms with Gasteiger partial charge in [0.05, 0.1) is 5.92 Å². The second-order valence-electron chi connectivity index (χ2n) is 10.4. The average molecular weight is 394 g/mol. The summed E-state index contributed by atoms with van der Waals surface area (Å²) in [6, 6.07) is 0. The maximum atomic E-state index is 11.7. The lowest BCUT2D eigenvalue weighted by Gasteiger charge is -2.60. The Bertz CT molecular complexity index is 688. The minimum Gasteiger partial charge on any atom is -0.481 e. The lowest BCUT2D eigenvalue weighted by Crippen LogP contribution is -2.52. The van der Waals surface area contributed by atoms with Gasteiger partial charge in [-0.2, -0.15) is 0 Å². The van der Waals surface area contributed by atoms with Crippen LogP contribution in [-0.2, 0) is 9.36 Å². The largest absolute Gasteiger partial charge is 0.481 e. The van der Waals surface area contributed by atoms with Crippen LogP contribution in [0.2, 0.25) is 0 Å². The molecule has 0 heterocycles. The van der Waals surface area contributed by atoms with Crippen molar-refractivity contribution in [3.8, 4) is 0 Å². The topological polar surface area (TPSA) is 74.6 Å². The summed E-state index contributed by atoms with van der Waals surface area (Å²) in [7, 11) is -2.53. The molecule has 0 spiro atoms. The van der Waals surface area contributed by atoms with Crippen LogP contribution in [0.1, 0.15) is 72.1 Å². The molecule has 0 aliphatic heterocycles. The molecule has 27 heavy (non-hydrogen) atoms. The zero-order valence-electron chi connectivity index (χ0n) is 16.9. The Kier molecular flexibility index (Phi) is 4.91. The lowest BCUT2D eigenvalue weighted by molar-refractivity contribution is -0.147. The molecule has 1 unspecified atom stereocenters. The molecule has 0 aromatic rings. The van der Waals surface area contributed by atoms with Crippen LogP contribution in [0.4, 0.5) is 0 Å². The molecular weight excluding hydrogens is 359 g/mol. The second-order valence-corrected chi connectivity index (χ2v) is 11.7. The maximum absolute atomic E-state index is 11.7. The fraction of sp³-hybridized carbons (Fsp3) is 0.864. The summed E-state index contributed by atoms with van der Waals surface area (Å²) < 4.78 is 11.6. The third-order valence-corrected chi connectivity index (χ3v) is 10.6. The molecule has 9 atom stereocenters. The Morgan fingerprint density at radius 1 is 1.11 bits per heavy atom. The predicted octanol–water partition coefficient (Wildman–Crippen LogP) is 5.33. The van der Waals surface area contributed by atoms with E-state index in [2.05, 4.69) is 19.9 Å². The minimum atomic E-state index is -2.53. The van der Waals surface area contributed by atoms with E-state index in [1.165, 1.54) is 19.3 Å². The van der Waals surface area contributed by atoms with Gasteiger partial charge in [-0.05, 0) is 91.8 Å². The molecule has 2 N–H and O–H groups in total. The molecule has 0 aromatic heterocycles. The van der Waals surface area contributed by atoms with Crippen molar-refractivity contribution in [1.82, 2.24) is 0 Å². The van der Waals surface area contributed by atoms with E-state index in [0.717, 1.165) is 37.4 Å². The Morgan fingerprint density at radius 3 is 2.48 bits per heavy atom. The number of hydrogen-bond acceptors (Lipinski definition) is 2. The van der Waals surface area contributed by atoms with Crippen molar-refractivity contribution in [2.24, 2.45) is 46.3 Å². The van der Waals surface area contributed by atoms with Gasteiger partial charge >= 0.3 is 5.97 Å². The first kappa shape index (κ1) is 19.7. The quantitative estimate of drug-likeness (QED) is 0.635. The number of aliphatic carboxylic acids is 1. The van der Waals surface area contributed by atoms with E-state index in [4.69, 9.17) is 0 Å². The number of allylic oxidation sites excluding steroid dienone is 2. The van der Waals surface area contributed by atoms with Crippen LogP contribution in [0.15, 0.2) is 11.4 Å². The van der Waals surface area contributed by atoms with Gasteiger partial charge in [0.1, 0.15) is 0 Å². The van der Waals surface area contributed by atoms with E-state index in [9.17, 15) is 19.4 Å². The van der Waals surface area contributed by atoms with Gasteiger partial charge in [0.25, 0.3) is 0 Å². The minimum absolute atomic E-state index is 0.175. The summed E-state index contributed by atoms with van der Waals surface area (Å²) >= 11 is 0. The molecule has 0 saturated heterocycles. The third-order valence-electron chi connectivity index (χ3n) is 9.62. The van der Waals surface area contributed by atoms with E-state index in [-0.39, 0.29) is 16.7 Å². The zero-order valence-corrected chi connectivity index (χ0v) is 17.9. The SMILES string of the molecule is C[C@@H](C(=O)O)[C@H]1CC[C@H]2[C@@H]3CC[C@H]4C=C([PH](=O)O)CC[C@]4(C)[C@H]3CC[C@]12C. The number of carboxylic acids is 1. The number of carbonyl (C=O) groups is 1. The monoisotopic (exact) mass is 394 g/mol. The molecule has 0 aromatic carbocycles. The standard InChI is InChI=1S/C22H35O4P/c1-13(20(23)24)17-6-7-18-16-5-4-14-12-15(27(25)26)8-10-21(14,2)19(16)9-11-22(17,18)3/h12-14,16-19,27H,4-11H2,1-3H3,(H,23,24)(H,25,26)/t13-,14+,16+,17-,18+,19+,21+,22-/m1/s1. The number of carboxylic acid groups (broad SMARTS) is 1. The first-order chi connectivity index (χ1) is 12.7. The molecule has 4 rings (SSSR count). The van der Waals surface area contributed by atoms with Crippen molar-refractivity contribution < 1.29 is 19.4 Å². The zero-order chi connectivity index (χ0) is 19.6. The highest BCUT2D eigenvalue weighted by molar-refractivity contribution is 7.43. The fourth-order valence-corrected chi connectivity index (χ4v) is 8.76. The van der Waals surface area contributed by atoms with Crippen molar-refractivity contribution in [3.05, 3.63) is 11.4 Å². The van der Waals surface area contributed by atoms with Crippen molar-refractivity contribution in [1.29, 1.82) is 0 Å². The number of hydrogen-bond donors (Lipinski definition) is 2. The molecule has 4 aliphatic carbocycles. The highest BCUT2D eigenvalue weighted by Crippen LogP contribution is 2.68. The molecule has 152 valence electrons. The molecule has 3 saturated carbocycles. The molecule has 4 nitrogen and oxygen atoms in total. The molecular formula is C22H35O4P. The van der Waals surface area contributed by atoms with Crippen molar-refractivity contribution >= 4 is 14.0 Å². The van der Waals surface area contributed by atoms with E-state index in [1.807, 2.05) is 6.92 Å². The Balaban J connectivity index is 1.60. The number of fused-ring (bicyclic) bond motifs is 5. The molecule has 0 radical (unpaired) electrons. The third kappa shape index (κ3) is 2.89. The van der Waals surface area contributed by atoms with Gasteiger partial charge in [0, 0.05) is 5.31 Å². The van der Waals surface area contributed by atoms with Crippen molar-refractivity contribution in [2.75, 3.05) is 0 Å². The maximum Gasteiger partial charge on any atom is 0.306 e. The van der Waals surface area contributed by atoms with Gasteiger partial charge < -0.3 is 10.00 Å². The lowest BCUT2D eigenvalue weighted by atomic mass is 9.45. The van der Waals surface area contributed by atoms with Crippen LogP contribution >= 0.6 is 8.03 Å². The van der Waals surface area contributed by atoms with Gasteiger partial charge in [-0.25, -0.2) is 0 Å². The van der Waals surface area contributed by atoms with Gasteiger partial charge in [-0.1, -0.05) is 26.8 Å². The van der Waals surface area contributed by atoms with Crippen LogP contribution in [0.25, 0.3) is 0 Å². The molecule has 4 aliphatic rings. The second kappa shape index (κ2) is 6.73. The number of rotatable bonds is 3. The fourth-order valence-electron chi connectivity index (χ4n) is 8.07. The summed E-state index contributed by atoms with van der Waals surface area (Å²) in [5.41, 5.74) is 0.426. The van der Waals surface area contributed by atoms with Crippen LogP contribution in [0.5, 0.6) is 0 Å². The van der Waals surface area contributed by atoms with Crippen LogP contribution in [-0.4, -0.2) is 16.0 Å². The van der Waals surface area contributed by atoms with Crippen LogP contribution in [0.3, 0.4) is 0 Å². The van der Waals surface area contributed by atoms with E-state index in [1.54, 1.807) is 0 Å². The first-order valence-corrected chi connectivity index (χ1v) is 12.2. The van der Waals surface area contributed by atoms with E-state index in [0.29, 0.717) is 29.6 Å². The average Bonchev–Trinajstić information content (AvgIpc) is 2.97. The normalized spacial score (nSPS) is 48.6. The Morgan fingerprint density at radius 2 is 1.81 bits per heavy atom. The van der Waals surface area contributed by atoms with Gasteiger partial charge in [-0.3, -0.25) is 9.36 Å². The molecule has 0 amide bonds. The summed E-state index contributed by atoms with van der Waals surface area (Å²) in [6.07, 6.45) is 10.9. The van der Waals surface area contributed by atoms with E-state index >= 15 is 0 Å². The summed E-state index contributed by atoms with van der Waals surface area (Å²) in [4.78, 5) is 21.3. The molecule has 0 bridgehead atoms. The molecule has 3 fully saturated rings. The van der Waals surface area contributed by atoms with Crippen LogP contribution in [0, 0.1) is 46.3 Å². The Hall–Kier alpha value is -0.600. The van der Waals surface area contributed by atoms with Crippen LogP contribution < -0.4 is 0 Å². The smallest absolute Gasteiger partial charge is 0.306 e. The summed E-state index contributed by atoms with van der Waals surface area (Å²) in [6.45, 7) is 6.73. The van der Waals surface area contributed by atoms with Crippen molar-refractivity contribution in [2.45, 2.75) is 72.1 Å². The summed E-state index contributed by atoms with van der Waals surface area (Å²) in [5.74, 6) is 1.93. The summed E-state index contributed by atoms with van der Waals surface area (Å²) in [5, 5.41) is 10.4. The van der Waals surface area contributed by atoms with Gasteiger partial charge in [-0.15, -0.1) is 0 Å². The highest BCUT2D eigenvalue weighted by Gasteiger charge is 2.60. The van der Waals surface area contributed by atoms with Gasteiger partial charge in [0.2, 0.25) is 8.03 Å². The van der Waals surface area contributed by atoms with Gasteiger partial charge in [0.15, 0.2) is 0 Å². The predicted molar refractivity (Wildman–Crippen MR) is 107 cm³/mol. The first-order valence-electron chi connectivity index (χ1n) is 10.9. The molecule has 5 heteroatoms. The van der Waals surface area contributed by atoms with E-state index < -0.39 is 14.0 Å².